The number of amides is 4. The Morgan fingerprint density at radius 2 is 1.81 bits per heavy atom. The molecule has 4 aromatic rings. The molecule has 3 aliphatic rings. The van der Waals surface area contributed by atoms with Crippen molar-refractivity contribution in [1.29, 1.82) is 0 Å². The topological polar surface area (TPSA) is 179 Å². The number of hydrogen-bond acceptors (Lipinski definition) is 11. The number of rotatable bonds is 12. The SMILES string of the molecule is CCn1c(-c2cccnc2[C@H](C)OC)c2c3cc(ccc31)-c1cc(O)cc(c1)C[C@H](NC(=O)[C@H](C(C)C)N(C)C(=O)C1CN(C(=O)/C=C/CN(C)C)C1)C(=O)N1CCC[C@H](N1)C(=O)OCC(C)(C)C2. The second kappa shape index (κ2) is 21.3. The van der Waals surface area contributed by atoms with Gasteiger partial charge in [-0.05, 0) is 112 Å². The molecule has 0 saturated carbocycles. The Morgan fingerprint density at radius 1 is 1.06 bits per heavy atom. The number of likely N-dealkylation sites (tertiary alicyclic amines) is 1. The molecule has 4 amide bonds. The van der Waals surface area contributed by atoms with Crippen molar-refractivity contribution in [3.8, 4) is 28.1 Å². The zero-order valence-corrected chi connectivity index (χ0v) is 41.9. The number of likely N-dealkylation sites (N-methyl/N-ethyl adjacent to an activating group) is 2. The highest BCUT2D eigenvalue weighted by atomic mass is 16.5. The number of cyclic esters (lactones) is 1. The monoisotopic (exact) mass is 947 g/mol. The molecule has 2 aromatic heterocycles. The van der Waals surface area contributed by atoms with Crippen molar-refractivity contribution in [2.45, 2.75) is 98.0 Å². The number of phenols is 1. The lowest BCUT2D eigenvalue weighted by molar-refractivity contribution is -0.155. The van der Waals surface area contributed by atoms with E-state index in [4.69, 9.17) is 14.5 Å². The van der Waals surface area contributed by atoms with E-state index >= 15 is 0 Å². The second-order valence-electron chi connectivity index (χ2n) is 20.3. The summed E-state index contributed by atoms with van der Waals surface area (Å²) in [5.41, 5.74) is 9.53. The van der Waals surface area contributed by atoms with E-state index in [1.807, 2.05) is 58.0 Å². The molecule has 0 unspecified atom stereocenters. The maximum Gasteiger partial charge on any atom is 0.324 e. The molecule has 3 aliphatic heterocycles. The maximum absolute atomic E-state index is 14.7. The number of hydrogen-bond donors (Lipinski definition) is 3. The molecule has 0 spiro atoms. The fourth-order valence-electron chi connectivity index (χ4n) is 9.96. The first-order chi connectivity index (χ1) is 32.8. The molecule has 4 atom stereocenters. The smallest absolute Gasteiger partial charge is 0.324 e. The van der Waals surface area contributed by atoms with Gasteiger partial charge in [0.05, 0.1) is 30.0 Å². The van der Waals surface area contributed by atoms with Gasteiger partial charge in [-0.15, -0.1) is 0 Å². The number of aromatic nitrogens is 2. The molecular formula is C53H70N8O8. The predicted molar refractivity (Wildman–Crippen MR) is 264 cm³/mol. The number of carbonyl (C=O) groups excluding carboxylic acids is 5. The minimum atomic E-state index is -1.17. The van der Waals surface area contributed by atoms with Gasteiger partial charge in [-0.3, -0.25) is 34.0 Å². The van der Waals surface area contributed by atoms with Crippen LogP contribution >= 0.6 is 0 Å². The number of methoxy groups -OCH3 is 1. The van der Waals surface area contributed by atoms with Gasteiger partial charge in [0.1, 0.15) is 23.9 Å². The predicted octanol–water partition coefficient (Wildman–Crippen LogP) is 5.51. The number of nitrogens with one attached hydrogen (secondary N) is 2. The van der Waals surface area contributed by atoms with E-state index in [2.05, 4.69) is 54.3 Å². The van der Waals surface area contributed by atoms with Gasteiger partial charge in [0.2, 0.25) is 17.7 Å². The number of nitrogens with zero attached hydrogens (tertiary/aromatic N) is 6. The van der Waals surface area contributed by atoms with Gasteiger partial charge in [0.15, 0.2) is 0 Å². The highest BCUT2D eigenvalue weighted by molar-refractivity contribution is 5.96. The first-order valence-corrected chi connectivity index (χ1v) is 24.2. The molecule has 16 heteroatoms. The Bertz CT molecular complexity index is 2600. The van der Waals surface area contributed by atoms with Crippen molar-refractivity contribution in [2.75, 3.05) is 61.0 Å². The first-order valence-electron chi connectivity index (χ1n) is 24.2. The van der Waals surface area contributed by atoms with Gasteiger partial charge in [0.25, 0.3) is 5.91 Å². The zero-order chi connectivity index (χ0) is 49.9. The van der Waals surface area contributed by atoms with Crippen molar-refractivity contribution >= 4 is 40.5 Å². The van der Waals surface area contributed by atoms with Crippen LogP contribution in [0.5, 0.6) is 5.75 Å². The molecule has 7 rings (SSSR count). The fraction of sp³-hybridized carbons (Fsp3) is 0.509. The Balaban J connectivity index is 1.26. The van der Waals surface area contributed by atoms with Crippen LogP contribution in [0.4, 0.5) is 0 Å². The van der Waals surface area contributed by atoms with E-state index in [1.165, 1.54) is 16.0 Å². The van der Waals surface area contributed by atoms with E-state index in [0.717, 1.165) is 39.0 Å². The molecule has 5 heterocycles. The molecule has 0 radical (unpaired) electrons. The average molecular weight is 947 g/mol. The normalized spacial score (nSPS) is 19.9. The molecule has 69 heavy (non-hydrogen) atoms. The van der Waals surface area contributed by atoms with Crippen LogP contribution in [0.15, 0.2) is 66.9 Å². The van der Waals surface area contributed by atoms with E-state index < -0.39 is 47.2 Å². The van der Waals surface area contributed by atoms with E-state index in [9.17, 15) is 29.1 Å². The summed E-state index contributed by atoms with van der Waals surface area (Å²) < 4.78 is 14.2. The highest BCUT2D eigenvalue weighted by Gasteiger charge is 2.42. The van der Waals surface area contributed by atoms with Gasteiger partial charge in [-0.25, -0.2) is 5.43 Å². The number of benzene rings is 2. The molecular weight excluding hydrogens is 877 g/mol. The van der Waals surface area contributed by atoms with Crippen LogP contribution in [-0.4, -0.2) is 143 Å². The summed E-state index contributed by atoms with van der Waals surface area (Å²) in [5, 5.41) is 16.7. The van der Waals surface area contributed by atoms with Crippen LogP contribution < -0.4 is 10.7 Å². The summed E-state index contributed by atoms with van der Waals surface area (Å²) in [6, 6.07) is 12.5. The van der Waals surface area contributed by atoms with Crippen molar-refractivity contribution in [1.82, 2.24) is 40.0 Å². The number of carbonyl (C=O) groups is 5. The molecule has 0 aliphatic carbocycles. The number of phenolic OH excluding ortho intramolecular Hbond substituents is 1. The van der Waals surface area contributed by atoms with Gasteiger partial charge in [-0.1, -0.05) is 45.9 Å². The summed E-state index contributed by atoms with van der Waals surface area (Å²) in [6.45, 7) is 14.1. The summed E-state index contributed by atoms with van der Waals surface area (Å²) in [7, 11) is 7.07. The van der Waals surface area contributed by atoms with Gasteiger partial charge >= 0.3 is 5.97 Å². The minimum absolute atomic E-state index is 0.0116. The van der Waals surface area contributed by atoms with Crippen molar-refractivity contribution in [3.63, 3.8) is 0 Å². The lowest BCUT2D eigenvalue weighted by Crippen LogP contribution is -2.63. The molecule has 6 bridgehead atoms. The zero-order valence-electron chi connectivity index (χ0n) is 41.9. The van der Waals surface area contributed by atoms with Crippen LogP contribution in [-0.2, 0) is 52.8 Å². The molecule has 2 fully saturated rings. The van der Waals surface area contributed by atoms with Gasteiger partial charge in [0, 0.05) is 87.5 Å². The number of aryl methyl sites for hydroxylation is 1. The van der Waals surface area contributed by atoms with E-state index in [1.54, 1.807) is 43.5 Å². The average Bonchev–Trinajstić information content (AvgIpc) is 3.60. The first kappa shape index (κ1) is 50.8. The van der Waals surface area contributed by atoms with E-state index in [-0.39, 0.29) is 62.2 Å². The van der Waals surface area contributed by atoms with Gasteiger partial charge in [-0.2, -0.15) is 0 Å². The van der Waals surface area contributed by atoms with E-state index in [0.29, 0.717) is 43.5 Å². The lowest BCUT2D eigenvalue weighted by Gasteiger charge is -2.41. The van der Waals surface area contributed by atoms with Crippen molar-refractivity contribution in [3.05, 3.63) is 83.7 Å². The number of aromatic hydroxyl groups is 1. The number of hydrazine groups is 1. The third-order valence-corrected chi connectivity index (χ3v) is 13.6. The number of ether oxygens (including phenoxy) is 2. The minimum Gasteiger partial charge on any atom is -0.508 e. The summed E-state index contributed by atoms with van der Waals surface area (Å²) in [4.78, 5) is 79.6. The maximum atomic E-state index is 14.7. The Kier molecular flexibility index (Phi) is 15.6. The van der Waals surface area contributed by atoms with Crippen LogP contribution in [0.25, 0.3) is 33.3 Å². The number of esters is 1. The summed E-state index contributed by atoms with van der Waals surface area (Å²) in [6.07, 6.45) is 6.25. The second-order valence-corrected chi connectivity index (χ2v) is 20.3. The van der Waals surface area contributed by atoms with Crippen LogP contribution in [0, 0.1) is 17.3 Å². The molecule has 16 nitrogen and oxygen atoms in total. The third-order valence-electron chi connectivity index (χ3n) is 13.6. The molecule has 2 aromatic carbocycles. The lowest BCUT2D eigenvalue weighted by atomic mass is 9.84. The molecule has 3 N–H and O–H groups in total. The Hall–Kier alpha value is -6.10. The summed E-state index contributed by atoms with van der Waals surface area (Å²) in [5.74, 6) is -2.77. The Labute approximate surface area is 406 Å². The summed E-state index contributed by atoms with van der Waals surface area (Å²) >= 11 is 0. The van der Waals surface area contributed by atoms with Crippen molar-refractivity contribution < 1.29 is 38.6 Å². The third kappa shape index (κ3) is 11.2. The fourth-order valence-corrected chi connectivity index (χ4v) is 9.96. The largest absolute Gasteiger partial charge is 0.508 e. The number of pyridine rings is 1. The molecule has 370 valence electrons. The number of fused-ring (bicyclic) bond motifs is 6. The molecule has 2 saturated heterocycles. The van der Waals surface area contributed by atoms with Crippen LogP contribution in [0.1, 0.15) is 77.3 Å². The van der Waals surface area contributed by atoms with Crippen LogP contribution in [0.3, 0.4) is 0 Å². The highest BCUT2D eigenvalue weighted by Crippen LogP contribution is 2.42. The standard InChI is InChI=1S/C53H70N8O8/c1-11-60-44-19-18-35-27-40(44)41(48(60)39-15-12-20-54-46(39)33(4)68-10)28-53(5,6)31-69-52(67)42-16-13-22-61(56-42)51(66)43(25-34-23-36(35)26-38(62)24-34)55-49(64)47(32(2)3)58(9)50(65)37-29-59(30-37)45(63)17-14-21-57(7)8/h12,14-15,17-20,23-24,26-27,32-33,37,42-43,47,56,62H,11,13,16,21-22,25,28-31H2,1-10H3,(H,55,64)/b17-14+/t33-,42-,43-,47-/m0/s1. The Morgan fingerprint density at radius 3 is 2.51 bits per heavy atom. The van der Waals surface area contributed by atoms with Crippen LogP contribution in [0.2, 0.25) is 0 Å². The quantitative estimate of drug-likeness (QED) is 0.121. The van der Waals surface area contributed by atoms with Crippen molar-refractivity contribution in [2.24, 2.45) is 17.3 Å². The van der Waals surface area contributed by atoms with Gasteiger partial charge < -0.3 is 39.2 Å².